The van der Waals surface area contributed by atoms with Gasteiger partial charge in [0.25, 0.3) is 5.91 Å². The summed E-state index contributed by atoms with van der Waals surface area (Å²) in [7, 11) is 0. The van der Waals surface area contributed by atoms with Crippen molar-refractivity contribution < 1.29 is 14.3 Å². The SMILES string of the molecule is CC(=O)N1CC(C(=O)Nc2ncc(Cc3cccc(C)c3)s2)Oc2ccccc21. The number of amides is 2. The number of para-hydroxylation sites is 2. The molecule has 0 saturated carbocycles. The number of aromatic nitrogens is 1. The maximum Gasteiger partial charge on any atom is 0.269 e. The smallest absolute Gasteiger partial charge is 0.269 e. The number of carbonyl (C=O) groups excluding carboxylic acids is 2. The molecular formula is C22H21N3O3S. The molecule has 1 aromatic heterocycles. The van der Waals surface area contributed by atoms with Gasteiger partial charge >= 0.3 is 0 Å². The molecule has 0 spiro atoms. The molecule has 0 radical (unpaired) electrons. The molecule has 1 N–H and O–H groups in total. The van der Waals surface area contributed by atoms with Crippen molar-refractivity contribution in [3.8, 4) is 5.75 Å². The molecule has 148 valence electrons. The van der Waals surface area contributed by atoms with Crippen LogP contribution in [0.2, 0.25) is 0 Å². The molecule has 1 atom stereocenters. The molecule has 1 unspecified atom stereocenters. The van der Waals surface area contributed by atoms with E-state index in [9.17, 15) is 9.59 Å². The van der Waals surface area contributed by atoms with Crippen LogP contribution in [-0.2, 0) is 16.0 Å². The van der Waals surface area contributed by atoms with Gasteiger partial charge in [0, 0.05) is 24.4 Å². The van der Waals surface area contributed by atoms with Crippen molar-refractivity contribution in [3.63, 3.8) is 0 Å². The summed E-state index contributed by atoms with van der Waals surface area (Å²) < 4.78 is 5.83. The predicted octanol–water partition coefficient (Wildman–Crippen LogP) is 3.79. The number of nitrogens with zero attached hydrogens (tertiary/aromatic N) is 2. The number of hydrogen-bond donors (Lipinski definition) is 1. The Hall–Kier alpha value is -3.19. The Morgan fingerprint density at radius 2 is 2.07 bits per heavy atom. The van der Waals surface area contributed by atoms with Crippen molar-refractivity contribution in [2.24, 2.45) is 0 Å². The van der Waals surface area contributed by atoms with Crippen LogP contribution in [0.3, 0.4) is 0 Å². The fourth-order valence-corrected chi connectivity index (χ4v) is 4.17. The van der Waals surface area contributed by atoms with Gasteiger partial charge in [0.15, 0.2) is 11.2 Å². The van der Waals surface area contributed by atoms with E-state index in [0.29, 0.717) is 16.6 Å². The van der Waals surface area contributed by atoms with Crippen molar-refractivity contribution in [2.75, 3.05) is 16.8 Å². The Bertz CT molecular complexity index is 1060. The predicted molar refractivity (Wildman–Crippen MR) is 114 cm³/mol. The first-order chi connectivity index (χ1) is 14.0. The number of nitrogens with one attached hydrogen (secondary N) is 1. The Morgan fingerprint density at radius 1 is 1.24 bits per heavy atom. The number of fused-ring (bicyclic) bond motifs is 1. The van der Waals surface area contributed by atoms with E-state index in [1.54, 1.807) is 17.2 Å². The van der Waals surface area contributed by atoms with Gasteiger partial charge in [-0.05, 0) is 24.6 Å². The van der Waals surface area contributed by atoms with Gasteiger partial charge in [-0.2, -0.15) is 0 Å². The van der Waals surface area contributed by atoms with Gasteiger partial charge in [-0.15, -0.1) is 11.3 Å². The topological polar surface area (TPSA) is 71.5 Å². The highest BCUT2D eigenvalue weighted by Crippen LogP contribution is 2.33. The number of rotatable bonds is 4. The number of carbonyl (C=O) groups is 2. The van der Waals surface area contributed by atoms with Crippen molar-refractivity contribution >= 4 is 34.0 Å². The molecule has 4 rings (SSSR count). The Balaban J connectivity index is 1.45. The first-order valence-electron chi connectivity index (χ1n) is 9.34. The van der Waals surface area contributed by atoms with Crippen molar-refractivity contribution in [2.45, 2.75) is 26.4 Å². The second-order valence-corrected chi connectivity index (χ2v) is 8.11. The minimum absolute atomic E-state index is 0.131. The van der Waals surface area contributed by atoms with E-state index in [2.05, 4.69) is 35.4 Å². The highest BCUT2D eigenvalue weighted by atomic mass is 32.1. The molecule has 0 bridgehead atoms. The molecule has 1 aliphatic heterocycles. The third kappa shape index (κ3) is 4.30. The van der Waals surface area contributed by atoms with Crippen molar-refractivity contribution in [1.82, 2.24) is 4.98 Å². The van der Waals surface area contributed by atoms with Crippen LogP contribution in [0, 0.1) is 6.92 Å². The van der Waals surface area contributed by atoms with Crippen LogP contribution in [0.1, 0.15) is 22.9 Å². The Kier molecular flexibility index (Phi) is 5.31. The van der Waals surface area contributed by atoms with Gasteiger partial charge < -0.3 is 9.64 Å². The molecular weight excluding hydrogens is 386 g/mol. The maximum atomic E-state index is 12.8. The number of aryl methyl sites for hydroxylation is 1. The zero-order chi connectivity index (χ0) is 20.4. The average molecular weight is 407 g/mol. The van der Waals surface area contributed by atoms with Crippen LogP contribution in [-0.4, -0.2) is 29.4 Å². The van der Waals surface area contributed by atoms with E-state index in [0.717, 1.165) is 11.3 Å². The summed E-state index contributed by atoms with van der Waals surface area (Å²) in [4.78, 5) is 31.7. The zero-order valence-corrected chi connectivity index (χ0v) is 17.0. The highest BCUT2D eigenvalue weighted by molar-refractivity contribution is 7.15. The average Bonchev–Trinajstić information content (AvgIpc) is 3.13. The first kappa shape index (κ1) is 19.1. The minimum atomic E-state index is -0.794. The molecule has 2 heterocycles. The Morgan fingerprint density at radius 3 is 2.86 bits per heavy atom. The second-order valence-electron chi connectivity index (χ2n) is 6.99. The van der Waals surface area contributed by atoms with E-state index in [4.69, 9.17) is 4.74 Å². The summed E-state index contributed by atoms with van der Waals surface area (Å²) in [5, 5.41) is 3.35. The normalized spacial score (nSPS) is 15.4. The van der Waals surface area contributed by atoms with Gasteiger partial charge in [0.2, 0.25) is 5.91 Å². The second kappa shape index (κ2) is 8.05. The largest absolute Gasteiger partial charge is 0.476 e. The molecule has 3 aromatic rings. The van der Waals surface area contributed by atoms with Gasteiger partial charge in [0.1, 0.15) is 5.75 Å². The summed E-state index contributed by atoms with van der Waals surface area (Å²) in [5.41, 5.74) is 3.10. The number of ether oxygens (including phenoxy) is 1. The lowest BCUT2D eigenvalue weighted by molar-refractivity contribution is -0.123. The molecule has 0 saturated heterocycles. The molecule has 6 nitrogen and oxygen atoms in total. The first-order valence-corrected chi connectivity index (χ1v) is 10.2. The van der Waals surface area contributed by atoms with Crippen molar-refractivity contribution in [1.29, 1.82) is 0 Å². The van der Waals surface area contributed by atoms with Gasteiger partial charge in [-0.1, -0.05) is 42.0 Å². The van der Waals surface area contributed by atoms with E-state index in [1.165, 1.54) is 29.4 Å². The summed E-state index contributed by atoms with van der Waals surface area (Å²) in [6, 6.07) is 15.5. The lowest BCUT2D eigenvalue weighted by Gasteiger charge is -2.33. The van der Waals surface area contributed by atoms with Crippen molar-refractivity contribution in [3.05, 3.63) is 70.7 Å². The molecule has 2 aromatic carbocycles. The monoisotopic (exact) mass is 407 g/mol. The van der Waals surface area contributed by atoms with E-state index >= 15 is 0 Å². The lowest BCUT2D eigenvalue weighted by atomic mass is 10.1. The number of hydrogen-bond acceptors (Lipinski definition) is 5. The molecule has 0 aliphatic carbocycles. The third-order valence-electron chi connectivity index (χ3n) is 4.69. The summed E-state index contributed by atoms with van der Waals surface area (Å²) in [6.07, 6.45) is 1.75. The van der Waals surface area contributed by atoms with E-state index < -0.39 is 6.10 Å². The highest BCUT2D eigenvalue weighted by Gasteiger charge is 2.32. The summed E-state index contributed by atoms with van der Waals surface area (Å²) in [6.45, 7) is 3.71. The van der Waals surface area contributed by atoms with Gasteiger partial charge in [0.05, 0.1) is 12.2 Å². The Labute approximate surface area is 173 Å². The van der Waals surface area contributed by atoms with Gasteiger partial charge in [-0.25, -0.2) is 4.98 Å². The maximum absolute atomic E-state index is 12.8. The van der Waals surface area contributed by atoms with Crippen LogP contribution in [0.4, 0.5) is 10.8 Å². The molecule has 1 aliphatic rings. The van der Waals surface area contributed by atoms with Crippen LogP contribution < -0.4 is 15.0 Å². The van der Waals surface area contributed by atoms with Crippen LogP contribution >= 0.6 is 11.3 Å². The summed E-state index contributed by atoms with van der Waals surface area (Å²) >= 11 is 1.44. The van der Waals surface area contributed by atoms with E-state index in [1.807, 2.05) is 24.3 Å². The molecule has 29 heavy (non-hydrogen) atoms. The molecule has 2 amide bonds. The number of anilines is 2. The van der Waals surface area contributed by atoms with Crippen LogP contribution in [0.5, 0.6) is 5.75 Å². The fraction of sp³-hybridized carbons (Fsp3) is 0.227. The summed E-state index contributed by atoms with van der Waals surface area (Å²) in [5.74, 6) is 0.0730. The molecule has 0 fully saturated rings. The third-order valence-corrected chi connectivity index (χ3v) is 5.60. The number of benzene rings is 2. The number of thiazole rings is 1. The molecule has 7 heteroatoms. The van der Waals surface area contributed by atoms with Crippen LogP contribution in [0.25, 0.3) is 0 Å². The minimum Gasteiger partial charge on any atom is -0.476 e. The lowest BCUT2D eigenvalue weighted by Crippen LogP contribution is -2.48. The quantitative estimate of drug-likeness (QED) is 0.714. The van der Waals surface area contributed by atoms with E-state index in [-0.39, 0.29) is 18.4 Å². The zero-order valence-electron chi connectivity index (χ0n) is 16.2. The van der Waals surface area contributed by atoms with Gasteiger partial charge in [-0.3, -0.25) is 14.9 Å². The standard InChI is InChI=1S/C22H21N3O3S/c1-14-6-5-7-16(10-14)11-17-12-23-22(29-17)24-21(27)20-13-25(15(2)26)18-8-3-4-9-19(18)28-20/h3-10,12,20H,11,13H2,1-2H3,(H,23,24,27). The van der Waals surface area contributed by atoms with Crippen LogP contribution in [0.15, 0.2) is 54.7 Å². The fourth-order valence-electron chi connectivity index (χ4n) is 3.33.